The Labute approximate surface area is 145 Å². The first-order valence-corrected chi connectivity index (χ1v) is 9.05. The molecule has 136 valence electrons. The Kier molecular flexibility index (Phi) is 6.69. The van der Waals surface area contributed by atoms with E-state index in [9.17, 15) is 5.11 Å². The highest BCUT2D eigenvalue weighted by Gasteiger charge is 2.30. The standard InChI is InChI=1S/C18H32N4O2/c1-5-19-17(20-14-18(4,23)16-9-8-12-24-16)22-11-10-15(13-22)21(6-2)7-3/h8-9,12,15,23H,5-7,10-11,13-14H2,1-4H3,(H,19,20). The van der Waals surface area contributed by atoms with Crippen molar-refractivity contribution < 1.29 is 9.52 Å². The minimum atomic E-state index is -1.10. The van der Waals surface area contributed by atoms with E-state index in [4.69, 9.17) is 4.42 Å². The number of nitrogens with zero attached hydrogens (tertiary/aromatic N) is 3. The number of furan rings is 1. The summed E-state index contributed by atoms with van der Waals surface area (Å²) in [4.78, 5) is 9.47. The SMILES string of the molecule is CCNC(=NCC(C)(O)c1ccco1)N1CCC(N(CC)CC)C1. The summed E-state index contributed by atoms with van der Waals surface area (Å²) < 4.78 is 5.33. The van der Waals surface area contributed by atoms with Crippen LogP contribution in [0.1, 0.15) is 39.9 Å². The Balaban J connectivity index is 2.04. The Morgan fingerprint density at radius 3 is 2.79 bits per heavy atom. The van der Waals surface area contributed by atoms with Crippen molar-refractivity contribution in [2.45, 2.75) is 45.8 Å². The molecule has 2 unspecified atom stereocenters. The molecule has 2 atom stereocenters. The van der Waals surface area contributed by atoms with Crippen molar-refractivity contribution in [2.24, 2.45) is 4.99 Å². The molecule has 2 heterocycles. The summed E-state index contributed by atoms with van der Waals surface area (Å²) in [6.07, 6.45) is 2.73. The van der Waals surface area contributed by atoms with Crippen molar-refractivity contribution in [1.29, 1.82) is 0 Å². The molecule has 1 aliphatic rings. The van der Waals surface area contributed by atoms with Crippen LogP contribution in [0.2, 0.25) is 0 Å². The molecule has 0 aromatic carbocycles. The topological polar surface area (TPSA) is 64.2 Å². The van der Waals surface area contributed by atoms with E-state index >= 15 is 0 Å². The molecule has 0 amide bonds. The molecule has 0 saturated carbocycles. The van der Waals surface area contributed by atoms with Crippen LogP contribution >= 0.6 is 0 Å². The maximum atomic E-state index is 10.6. The number of hydrogen-bond acceptors (Lipinski definition) is 4. The molecule has 24 heavy (non-hydrogen) atoms. The molecular formula is C18H32N4O2. The molecule has 6 nitrogen and oxygen atoms in total. The molecule has 2 rings (SSSR count). The number of guanidine groups is 1. The van der Waals surface area contributed by atoms with E-state index in [0.717, 1.165) is 45.1 Å². The van der Waals surface area contributed by atoms with E-state index in [1.165, 1.54) is 0 Å². The van der Waals surface area contributed by atoms with Gasteiger partial charge in [-0.1, -0.05) is 13.8 Å². The van der Waals surface area contributed by atoms with Gasteiger partial charge in [-0.3, -0.25) is 4.90 Å². The number of aliphatic imine (C=N–C) groups is 1. The van der Waals surface area contributed by atoms with Crippen LogP contribution in [-0.2, 0) is 5.60 Å². The number of likely N-dealkylation sites (N-methyl/N-ethyl adjacent to an activating group) is 1. The number of rotatable bonds is 7. The van der Waals surface area contributed by atoms with E-state index in [2.05, 4.69) is 40.9 Å². The Morgan fingerprint density at radius 1 is 1.46 bits per heavy atom. The molecule has 0 aliphatic carbocycles. The third kappa shape index (κ3) is 4.51. The third-order valence-corrected chi connectivity index (χ3v) is 4.72. The van der Waals surface area contributed by atoms with Crippen LogP contribution in [0, 0.1) is 0 Å². The number of aliphatic hydroxyl groups is 1. The average molecular weight is 336 g/mol. The fourth-order valence-electron chi connectivity index (χ4n) is 3.29. The van der Waals surface area contributed by atoms with Gasteiger partial charge < -0.3 is 19.7 Å². The van der Waals surface area contributed by atoms with E-state index in [0.29, 0.717) is 11.8 Å². The van der Waals surface area contributed by atoms with Gasteiger partial charge in [0.2, 0.25) is 0 Å². The number of likely N-dealkylation sites (tertiary alicyclic amines) is 1. The summed E-state index contributed by atoms with van der Waals surface area (Å²) in [5.41, 5.74) is -1.10. The summed E-state index contributed by atoms with van der Waals surface area (Å²) in [6.45, 7) is 13.5. The molecule has 2 N–H and O–H groups in total. The van der Waals surface area contributed by atoms with E-state index in [1.54, 1.807) is 25.3 Å². The van der Waals surface area contributed by atoms with Crippen molar-refractivity contribution >= 4 is 5.96 Å². The van der Waals surface area contributed by atoms with Crippen LogP contribution in [0.15, 0.2) is 27.8 Å². The molecule has 6 heteroatoms. The van der Waals surface area contributed by atoms with E-state index in [1.807, 2.05) is 0 Å². The van der Waals surface area contributed by atoms with Crippen molar-refractivity contribution in [2.75, 3.05) is 39.3 Å². The normalized spacial score (nSPS) is 21.3. The number of hydrogen-bond donors (Lipinski definition) is 2. The van der Waals surface area contributed by atoms with E-state index < -0.39 is 5.60 Å². The zero-order valence-electron chi connectivity index (χ0n) is 15.5. The summed E-state index contributed by atoms with van der Waals surface area (Å²) in [7, 11) is 0. The van der Waals surface area contributed by atoms with Crippen molar-refractivity contribution in [3.8, 4) is 0 Å². The third-order valence-electron chi connectivity index (χ3n) is 4.72. The van der Waals surface area contributed by atoms with Crippen LogP contribution in [0.5, 0.6) is 0 Å². The maximum Gasteiger partial charge on any atom is 0.194 e. The highest BCUT2D eigenvalue weighted by atomic mass is 16.4. The van der Waals surface area contributed by atoms with Gasteiger partial charge in [-0.25, -0.2) is 4.99 Å². The lowest BCUT2D eigenvalue weighted by molar-refractivity contribution is 0.0435. The smallest absolute Gasteiger partial charge is 0.194 e. The molecule has 1 aromatic rings. The van der Waals surface area contributed by atoms with Gasteiger partial charge in [-0.05, 0) is 45.5 Å². The highest BCUT2D eigenvalue weighted by molar-refractivity contribution is 5.80. The van der Waals surface area contributed by atoms with Crippen LogP contribution in [-0.4, -0.2) is 66.2 Å². The fraction of sp³-hybridized carbons (Fsp3) is 0.722. The Bertz CT molecular complexity index is 509. The van der Waals surface area contributed by atoms with Gasteiger partial charge in [0.1, 0.15) is 11.4 Å². The first-order chi connectivity index (χ1) is 11.5. The Morgan fingerprint density at radius 2 is 2.21 bits per heavy atom. The molecule has 1 aliphatic heterocycles. The molecule has 1 aromatic heterocycles. The summed E-state index contributed by atoms with van der Waals surface area (Å²) in [5.74, 6) is 1.42. The van der Waals surface area contributed by atoms with Gasteiger partial charge in [0.15, 0.2) is 5.96 Å². The minimum Gasteiger partial charge on any atom is -0.466 e. The quantitative estimate of drug-likeness (QED) is 0.588. The maximum absolute atomic E-state index is 10.6. The monoisotopic (exact) mass is 336 g/mol. The first kappa shape index (κ1) is 18.8. The van der Waals surface area contributed by atoms with Crippen LogP contribution in [0.4, 0.5) is 0 Å². The van der Waals surface area contributed by atoms with Crippen molar-refractivity contribution in [3.63, 3.8) is 0 Å². The van der Waals surface area contributed by atoms with Gasteiger partial charge in [-0.15, -0.1) is 0 Å². The molecule has 0 spiro atoms. The van der Waals surface area contributed by atoms with Gasteiger partial charge in [0, 0.05) is 25.7 Å². The van der Waals surface area contributed by atoms with Crippen LogP contribution in [0.25, 0.3) is 0 Å². The second kappa shape index (κ2) is 8.53. The Hall–Kier alpha value is -1.53. The van der Waals surface area contributed by atoms with Gasteiger partial charge in [0.05, 0.1) is 12.8 Å². The van der Waals surface area contributed by atoms with Crippen molar-refractivity contribution in [3.05, 3.63) is 24.2 Å². The molecule has 0 bridgehead atoms. The molecule has 0 radical (unpaired) electrons. The molecule has 1 saturated heterocycles. The number of nitrogens with one attached hydrogen (secondary N) is 1. The molecule has 1 fully saturated rings. The van der Waals surface area contributed by atoms with Crippen LogP contribution in [0.3, 0.4) is 0 Å². The fourth-order valence-corrected chi connectivity index (χ4v) is 3.29. The first-order valence-electron chi connectivity index (χ1n) is 9.05. The van der Waals surface area contributed by atoms with Gasteiger partial charge in [0.25, 0.3) is 0 Å². The van der Waals surface area contributed by atoms with Gasteiger partial charge >= 0.3 is 0 Å². The van der Waals surface area contributed by atoms with Crippen molar-refractivity contribution in [1.82, 2.24) is 15.1 Å². The average Bonchev–Trinajstić information content (AvgIpc) is 3.24. The summed E-state index contributed by atoms with van der Waals surface area (Å²) >= 11 is 0. The van der Waals surface area contributed by atoms with Crippen LogP contribution < -0.4 is 5.32 Å². The highest BCUT2D eigenvalue weighted by Crippen LogP contribution is 2.22. The zero-order valence-corrected chi connectivity index (χ0v) is 15.5. The summed E-state index contributed by atoms with van der Waals surface area (Å²) in [6, 6.07) is 4.15. The minimum absolute atomic E-state index is 0.273. The second-order valence-corrected chi connectivity index (χ2v) is 6.53. The lowest BCUT2D eigenvalue weighted by Gasteiger charge is -2.27. The zero-order chi connectivity index (χ0) is 17.6. The summed E-state index contributed by atoms with van der Waals surface area (Å²) in [5, 5.41) is 13.9. The van der Waals surface area contributed by atoms with Gasteiger partial charge in [-0.2, -0.15) is 0 Å². The largest absolute Gasteiger partial charge is 0.466 e. The molecular weight excluding hydrogens is 304 g/mol. The lowest BCUT2D eigenvalue weighted by Crippen LogP contribution is -2.44. The predicted octanol–water partition coefficient (Wildman–Crippen LogP) is 1.87. The second-order valence-electron chi connectivity index (χ2n) is 6.53. The predicted molar refractivity (Wildman–Crippen MR) is 97.2 cm³/mol. The lowest BCUT2D eigenvalue weighted by atomic mass is 10.0. The van der Waals surface area contributed by atoms with E-state index in [-0.39, 0.29) is 6.54 Å².